The number of rotatable bonds is 4. The summed E-state index contributed by atoms with van der Waals surface area (Å²) in [6.07, 6.45) is 0. The predicted octanol–water partition coefficient (Wildman–Crippen LogP) is 15.3. The van der Waals surface area contributed by atoms with Gasteiger partial charge in [0.15, 0.2) is 0 Å². The summed E-state index contributed by atoms with van der Waals surface area (Å²) in [6, 6.07) is 72.2. The summed E-state index contributed by atoms with van der Waals surface area (Å²) in [5, 5.41) is 10.2. The van der Waals surface area contributed by atoms with E-state index < -0.39 is 0 Å². The van der Waals surface area contributed by atoms with Crippen LogP contribution < -0.4 is 0 Å². The molecule has 0 saturated heterocycles. The second kappa shape index (κ2) is 12.1. The zero-order valence-corrected chi connectivity index (χ0v) is 31.0. The van der Waals surface area contributed by atoms with E-state index in [4.69, 9.17) is 0 Å². The van der Waals surface area contributed by atoms with Crippen LogP contribution in [0.15, 0.2) is 194 Å². The minimum atomic E-state index is -0.171. The first-order valence-electron chi connectivity index (χ1n) is 19.3. The Bertz CT molecular complexity index is 2930. The zero-order valence-electron chi connectivity index (χ0n) is 31.0. The molecular weight excluding hydrogens is 661 g/mol. The number of hydrogen-bond donors (Lipinski definition) is 0. The van der Waals surface area contributed by atoms with Crippen molar-refractivity contribution in [1.29, 1.82) is 0 Å². The van der Waals surface area contributed by atoms with E-state index in [0.717, 1.165) is 0 Å². The average Bonchev–Trinajstić information content (AvgIpc) is 3.46. The molecule has 1 aliphatic carbocycles. The Kier molecular flexibility index (Phi) is 7.00. The molecule has 0 amide bonds. The lowest BCUT2D eigenvalue weighted by Gasteiger charge is -2.23. The van der Waals surface area contributed by atoms with E-state index in [9.17, 15) is 0 Å². The second-order valence-corrected chi connectivity index (χ2v) is 15.7. The van der Waals surface area contributed by atoms with Crippen LogP contribution in [0.4, 0.5) is 0 Å². The molecule has 55 heavy (non-hydrogen) atoms. The van der Waals surface area contributed by atoms with Gasteiger partial charge in [-0.1, -0.05) is 172 Å². The molecule has 0 heterocycles. The van der Waals surface area contributed by atoms with Crippen molar-refractivity contribution in [3.63, 3.8) is 0 Å². The molecule has 0 bridgehead atoms. The van der Waals surface area contributed by atoms with Gasteiger partial charge in [0, 0.05) is 5.41 Å². The summed E-state index contributed by atoms with van der Waals surface area (Å²) in [4.78, 5) is 0. The predicted molar refractivity (Wildman–Crippen MR) is 236 cm³/mol. The Labute approximate surface area is 322 Å². The van der Waals surface area contributed by atoms with Crippen molar-refractivity contribution in [1.82, 2.24) is 0 Å². The van der Waals surface area contributed by atoms with Gasteiger partial charge in [0.1, 0.15) is 0 Å². The number of fused-ring (bicyclic) bond motifs is 7. The van der Waals surface area contributed by atoms with Gasteiger partial charge in [0.2, 0.25) is 0 Å². The van der Waals surface area contributed by atoms with Gasteiger partial charge in [-0.05, 0) is 146 Å². The van der Waals surface area contributed by atoms with E-state index in [1.54, 1.807) is 0 Å². The standard InChI is InChI=1S/C55H38/c1-55(2)53-33-41(45-27-25-43(35-13-5-3-6-14-35)49-29-37-17-9-11-19-39(37)31-51(45)49)21-23-47(53)48-24-22-42(34-54(48)55)46-28-26-44(36-15-7-4-8-16-36)50-30-38-18-10-12-20-40(38)32-52(46)50/h3-34H,1-2H3. The van der Waals surface area contributed by atoms with Gasteiger partial charge in [-0.3, -0.25) is 0 Å². The van der Waals surface area contributed by atoms with E-state index in [1.165, 1.54) is 110 Å². The highest BCUT2D eigenvalue weighted by molar-refractivity contribution is 6.12. The Morgan fingerprint density at radius 2 is 0.545 bits per heavy atom. The molecule has 0 aliphatic heterocycles. The van der Waals surface area contributed by atoms with Gasteiger partial charge in [0.25, 0.3) is 0 Å². The maximum Gasteiger partial charge on any atom is 0.0159 e. The molecule has 258 valence electrons. The summed E-state index contributed by atoms with van der Waals surface area (Å²) >= 11 is 0. The van der Waals surface area contributed by atoms with Crippen molar-refractivity contribution in [2.45, 2.75) is 19.3 Å². The Morgan fingerprint density at radius 1 is 0.255 bits per heavy atom. The summed E-state index contributed by atoms with van der Waals surface area (Å²) < 4.78 is 0. The molecule has 0 spiro atoms. The topological polar surface area (TPSA) is 0 Å². The SMILES string of the molecule is CC1(C)c2cc(-c3ccc(-c4ccccc4)c4cc5ccccc5cc34)ccc2-c2ccc(-c3ccc(-c4ccccc4)c4cc5ccccc5cc34)cc21. The lowest BCUT2D eigenvalue weighted by molar-refractivity contribution is 0.661. The smallest absolute Gasteiger partial charge is 0.0159 e. The van der Waals surface area contributed by atoms with Gasteiger partial charge < -0.3 is 0 Å². The van der Waals surface area contributed by atoms with Crippen molar-refractivity contribution < 1.29 is 0 Å². The third-order valence-electron chi connectivity index (χ3n) is 12.2. The van der Waals surface area contributed by atoms with Crippen LogP contribution in [-0.2, 0) is 5.41 Å². The fraction of sp³-hybridized carbons (Fsp3) is 0.0545. The fourth-order valence-electron chi connectivity index (χ4n) is 9.38. The number of hydrogen-bond acceptors (Lipinski definition) is 0. The molecule has 0 unspecified atom stereocenters. The van der Waals surface area contributed by atoms with Gasteiger partial charge in [-0.25, -0.2) is 0 Å². The molecule has 11 rings (SSSR count). The van der Waals surface area contributed by atoms with Gasteiger partial charge in [-0.15, -0.1) is 0 Å². The van der Waals surface area contributed by atoms with Crippen molar-refractivity contribution >= 4 is 43.1 Å². The number of benzene rings is 10. The highest BCUT2D eigenvalue weighted by Crippen LogP contribution is 2.52. The maximum atomic E-state index is 2.47. The molecule has 0 aromatic heterocycles. The van der Waals surface area contributed by atoms with Crippen LogP contribution in [0.2, 0.25) is 0 Å². The highest BCUT2D eigenvalue weighted by atomic mass is 14.4. The first-order chi connectivity index (χ1) is 27.0. The average molecular weight is 699 g/mol. The largest absolute Gasteiger partial charge is 0.0622 e. The van der Waals surface area contributed by atoms with Crippen LogP contribution in [0.1, 0.15) is 25.0 Å². The Morgan fingerprint density at radius 3 is 0.891 bits per heavy atom. The van der Waals surface area contributed by atoms with E-state index in [1.807, 2.05) is 0 Å². The summed E-state index contributed by atoms with van der Waals surface area (Å²) in [6.45, 7) is 4.80. The molecule has 10 aromatic carbocycles. The molecule has 0 nitrogen and oxygen atoms in total. The van der Waals surface area contributed by atoms with Crippen LogP contribution in [0.3, 0.4) is 0 Å². The minimum absolute atomic E-state index is 0.171. The van der Waals surface area contributed by atoms with E-state index >= 15 is 0 Å². The van der Waals surface area contributed by atoms with Gasteiger partial charge in [0.05, 0.1) is 0 Å². The second-order valence-electron chi connectivity index (χ2n) is 15.7. The molecule has 0 fully saturated rings. The van der Waals surface area contributed by atoms with Crippen molar-refractivity contribution in [2.75, 3.05) is 0 Å². The molecule has 0 radical (unpaired) electrons. The lowest BCUT2D eigenvalue weighted by atomic mass is 9.80. The van der Waals surface area contributed by atoms with Crippen LogP contribution in [0, 0.1) is 0 Å². The summed E-state index contributed by atoms with van der Waals surface area (Å²) in [5.74, 6) is 0. The van der Waals surface area contributed by atoms with Crippen LogP contribution in [0.5, 0.6) is 0 Å². The normalized spacial score (nSPS) is 13.1. The first-order valence-corrected chi connectivity index (χ1v) is 19.3. The van der Waals surface area contributed by atoms with E-state index in [0.29, 0.717) is 0 Å². The summed E-state index contributed by atoms with van der Waals surface area (Å²) in [7, 11) is 0. The third-order valence-corrected chi connectivity index (χ3v) is 12.2. The first kappa shape index (κ1) is 31.7. The molecule has 1 aliphatic rings. The van der Waals surface area contributed by atoms with Crippen molar-refractivity contribution in [3.8, 4) is 55.6 Å². The minimum Gasteiger partial charge on any atom is -0.0622 e. The fourth-order valence-corrected chi connectivity index (χ4v) is 9.38. The van der Waals surface area contributed by atoms with Crippen LogP contribution in [0.25, 0.3) is 98.7 Å². The molecule has 10 aromatic rings. The van der Waals surface area contributed by atoms with Gasteiger partial charge >= 0.3 is 0 Å². The monoisotopic (exact) mass is 698 g/mol. The lowest BCUT2D eigenvalue weighted by Crippen LogP contribution is -2.15. The summed E-state index contributed by atoms with van der Waals surface area (Å²) in [5.41, 5.74) is 15.3. The quantitative estimate of drug-likeness (QED) is 0.161. The van der Waals surface area contributed by atoms with Crippen LogP contribution in [-0.4, -0.2) is 0 Å². The molecular formula is C55H38. The van der Waals surface area contributed by atoms with E-state index in [2.05, 4.69) is 208 Å². The Hall–Kier alpha value is -6.76. The maximum absolute atomic E-state index is 2.47. The van der Waals surface area contributed by atoms with Crippen molar-refractivity contribution in [2.24, 2.45) is 0 Å². The van der Waals surface area contributed by atoms with E-state index in [-0.39, 0.29) is 5.41 Å². The highest BCUT2D eigenvalue weighted by Gasteiger charge is 2.36. The third kappa shape index (κ3) is 4.99. The van der Waals surface area contributed by atoms with Crippen LogP contribution >= 0.6 is 0 Å². The molecule has 0 saturated carbocycles. The van der Waals surface area contributed by atoms with Gasteiger partial charge in [-0.2, -0.15) is 0 Å². The van der Waals surface area contributed by atoms with Crippen molar-refractivity contribution in [3.05, 3.63) is 205 Å². The molecule has 0 heteroatoms. The molecule has 0 N–H and O–H groups in total. The zero-order chi connectivity index (χ0) is 36.7. The Balaban J connectivity index is 1.05. The molecule has 0 atom stereocenters.